The number of allylic oxidation sites excluding steroid dienone is 2. The minimum Gasteiger partial charge on any atom is -0.0854 e. The summed E-state index contributed by atoms with van der Waals surface area (Å²) >= 11 is 0. The van der Waals surface area contributed by atoms with Crippen LogP contribution in [0.2, 0.25) is 0 Å². The molecular weight excluding hydrogens is 108 g/mol. The molecule has 0 aromatic rings. The molecule has 2 atom stereocenters. The van der Waals surface area contributed by atoms with E-state index in [1.165, 1.54) is 19.3 Å². The molecule has 0 N–H and O–H groups in total. The molecule has 0 aromatic carbocycles. The Morgan fingerprint density at radius 1 is 1.00 bits per heavy atom. The molecule has 1 aliphatic rings. The summed E-state index contributed by atoms with van der Waals surface area (Å²) in [5.41, 5.74) is 0. The zero-order valence-electron chi connectivity index (χ0n) is 6.43. The maximum Gasteiger partial charge on any atom is -0.0262 e. The van der Waals surface area contributed by atoms with E-state index in [-0.39, 0.29) is 0 Å². The van der Waals surface area contributed by atoms with Crippen molar-refractivity contribution in [1.82, 2.24) is 0 Å². The first-order valence-corrected chi connectivity index (χ1v) is 3.97. The summed E-state index contributed by atoms with van der Waals surface area (Å²) in [5, 5.41) is 0. The van der Waals surface area contributed by atoms with E-state index in [2.05, 4.69) is 26.0 Å². The van der Waals surface area contributed by atoms with Crippen molar-refractivity contribution in [1.29, 1.82) is 0 Å². The van der Waals surface area contributed by atoms with Crippen molar-refractivity contribution in [2.24, 2.45) is 11.8 Å². The number of hydrogen-bond acceptors (Lipinski definition) is 0. The average Bonchev–Trinajstić information content (AvgIpc) is 1.97. The van der Waals surface area contributed by atoms with Crippen molar-refractivity contribution >= 4 is 0 Å². The van der Waals surface area contributed by atoms with Crippen LogP contribution in [-0.2, 0) is 0 Å². The van der Waals surface area contributed by atoms with E-state index in [1.54, 1.807) is 0 Å². The molecule has 0 saturated carbocycles. The summed E-state index contributed by atoms with van der Waals surface area (Å²) in [6.07, 6.45) is 8.91. The van der Waals surface area contributed by atoms with E-state index in [0.717, 1.165) is 11.8 Å². The first-order chi connectivity index (χ1) is 4.29. The maximum atomic E-state index is 2.36. The fourth-order valence-electron chi connectivity index (χ4n) is 1.33. The first kappa shape index (κ1) is 6.85. The molecule has 2 unspecified atom stereocenters. The van der Waals surface area contributed by atoms with E-state index in [1.807, 2.05) is 0 Å². The Labute approximate surface area is 58.0 Å². The van der Waals surface area contributed by atoms with E-state index >= 15 is 0 Å². The predicted octanol–water partition coefficient (Wildman–Crippen LogP) is 3.00. The van der Waals surface area contributed by atoms with Crippen LogP contribution in [0.5, 0.6) is 0 Å². The van der Waals surface area contributed by atoms with Gasteiger partial charge in [0.05, 0.1) is 0 Å². The predicted molar refractivity (Wildman–Crippen MR) is 41.3 cm³/mol. The normalized spacial score (nSPS) is 36.2. The molecule has 0 saturated heterocycles. The molecular formula is C9H16. The van der Waals surface area contributed by atoms with Gasteiger partial charge in [-0.2, -0.15) is 0 Å². The van der Waals surface area contributed by atoms with Crippen molar-refractivity contribution < 1.29 is 0 Å². The highest BCUT2D eigenvalue weighted by Gasteiger charge is 2.05. The monoisotopic (exact) mass is 124 g/mol. The maximum absolute atomic E-state index is 2.36. The van der Waals surface area contributed by atoms with Gasteiger partial charge in [-0.1, -0.05) is 32.4 Å². The minimum absolute atomic E-state index is 0.829. The van der Waals surface area contributed by atoms with Gasteiger partial charge < -0.3 is 0 Å². The quantitative estimate of drug-likeness (QED) is 0.435. The Hall–Kier alpha value is -0.260. The van der Waals surface area contributed by atoms with Gasteiger partial charge >= 0.3 is 0 Å². The third-order valence-electron chi connectivity index (χ3n) is 2.09. The molecule has 0 bridgehead atoms. The standard InChI is InChI=1S/C9H16/c1-8-4-3-5-9(2)7-6-8/h6-9H,3-5H2,1-2H3. The third-order valence-corrected chi connectivity index (χ3v) is 2.09. The molecule has 0 heteroatoms. The van der Waals surface area contributed by atoms with Gasteiger partial charge in [-0.15, -0.1) is 0 Å². The molecule has 0 fully saturated rings. The van der Waals surface area contributed by atoms with Crippen molar-refractivity contribution in [2.75, 3.05) is 0 Å². The summed E-state index contributed by atoms with van der Waals surface area (Å²) in [6.45, 7) is 4.60. The molecule has 0 heterocycles. The Kier molecular flexibility index (Phi) is 2.32. The zero-order valence-corrected chi connectivity index (χ0v) is 6.43. The molecule has 52 valence electrons. The van der Waals surface area contributed by atoms with Crippen LogP contribution in [0.3, 0.4) is 0 Å². The molecule has 0 aliphatic heterocycles. The lowest BCUT2D eigenvalue weighted by molar-refractivity contribution is 0.558. The Bertz CT molecular complexity index is 90.6. The average molecular weight is 124 g/mol. The van der Waals surface area contributed by atoms with Gasteiger partial charge in [0.1, 0.15) is 0 Å². The van der Waals surface area contributed by atoms with Crippen LogP contribution in [-0.4, -0.2) is 0 Å². The van der Waals surface area contributed by atoms with E-state index in [0.29, 0.717) is 0 Å². The highest BCUT2D eigenvalue weighted by Crippen LogP contribution is 2.19. The topological polar surface area (TPSA) is 0 Å². The van der Waals surface area contributed by atoms with E-state index in [9.17, 15) is 0 Å². The fourth-order valence-corrected chi connectivity index (χ4v) is 1.33. The summed E-state index contributed by atoms with van der Waals surface area (Å²) < 4.78 is 0. The van der Waals surface area contributed by atoms with Crippen molar-refractivity contribution in [3.8, 4) is 0 Å². The SMILES string of the molecule is CC1C=CC(C)CCC1. The molecule has 9 heavy (non-hydrogen) atoms. The summed E-state index contributed by atoms with van der Waals surface area (Å²) in [6, 6.07) is 0. The molecule has 0 amide bonds. The smallest absolute Gasteiger partial charge is 0.0262 e. The van der Waals surface area contributed by atoms with Crippen LogP contribution in [0.15, 0.2) is 12.2 Å². The Balaban J connectivity index is 2.43. The second-order valence-corrected chi connectivity index (χ2v) is 3.27. The van der Waals surface area contributed by atoms with Gasteiger partial charge in [0.2, 0.25) is 0 Å². The Morgan fingerprint density at radius 2 is 1.44 bits per heavy atom. The molecule has 0 spiro atoms. The van der Waals surface area contributed by atoms with Crippen molar-refractivity contribution in [3.05, 3.63) is 12.2 Å². The highest BCUT2D eigenvalue weighted by molar-refractivity contribution is 4.92. The fraction of sp³-hybridized carbons (Fsp3) is 0.778. The first-order valence-electron chi connectivity index (χ1n) is 3.97. The molecule has 0 nitrogen and oxygen atoms in total. The number of rotatable bonds is 0. The van der Waals surface area contributed by atoms with Crippen molar-refractivity contribution in [2.45, 2.75) is 33.1 Å². The van der Waals surface area contributed by atoms with Gasteiger partial charge in [-0.25, -0.2) is 0 Å². The largest absolute Gasteiger partial charge is 0.0854 e. The Morgan fingerprint density at radius 3 is 1.89 bits per heavy atom. The lowest BCUT2D eigenvalue weighted by atomic mass is 10.1. The second kappa shape index (κ2) is 3.05. The van der Waals surface area contributed by atoms with Gasteiger partial charge in [-0.05, 0) is 24.7 Å². The highest BCUT2D eigenvalue weighted by atomic mass is 14.1. The second-order valence-electron chi connectivity index (χ2n) is 3.27. The lowest BCUT2D eigenvalue weighted by Crippen LogP contribution is -1.86. The van der Waals surface area contributed by atoms with E-state index < -0.39 is 0 Å². The number of hydrogen-bond donors (Lipinski definition) is 0. The minimum atomic E-state index is 0.829. The van der Waals surface area contributed by atoms with Gasteiger partial charge in [0, 0.05) is 0 Å². The zero-order chi connectivity index (χ0) is 6.69. The van der Waals surface area contributed by atoms with Crippen LogP contribution in [0.1, 0.15) is 33.1 Å². The van der Waals surface area contributed by atoms with Crippen LogP contribution in [0, 0.1) is 11.8 Å². The van der Waals surface area contributed by atoms with Crippen LogP contribution < -0.4 is 0 Å². The van der Waals surface area contributed by atoms with Gasteiger partial charge in [0.15, 0.2) is 0 Å². The molecule has 0 radical (unpaired) electrons. The lowest BCUT2D eigenvalue weighted by Gasteiger charge is -2.00. The summed E-state index contributed by atoms with van der Waals surface area (Å²) in [7, 11) is 0. The van der Waals surface area contributed by atoms with Crippen LogP contribution in [0.4, 0.5) is 0 Å². The molecule has 1 rings (SSSR count). The summed E-state index contributed by atoms with van der Waals surface area (Å²) in [5.74, 6) is 1.66. The molecule has 0 aromatic heterocycles. The van der Waals surface area contributed by atoms with Gasteiger partial charge in [0.25, 0.3) is 0 Å². The van der Waals surface area contributed by atoms with Crippen LogP contribution in [0.25, 0.3) is 0 Å². The van der Waals surface area contributed by atoms with Gasteiger partial charge in [-0.3, -0.25) is 0 Å². The van der Waals surface area contributed by atoms with Crippen molar-refractivity contribution in [3.63, 3.8) is 0 Å². The summed E-state index contributed by atoms with van der Waals surface area (Å²) in [4.78, 5) is 0. The van der Waals surface area contributed by atoms with E-state index in [4.69, 9.17) is 0 Å². The molecule has 1 aliphatic carbocycles. The third kappa shape index (κ3) is 2.21. The van der Waals surface area contributed by atoms with Crippen LogP contribution >= 0.6 is 0 Å².